The van der Waals surface area contributed by atoms with Gasteiger partial charge < -0.3 is 10.2 Å². The molecule has 0 saturated carbocycles. The molecule has 3 rings (SSSR count). The van der Waals surface area contributed by atoms with Gasteiger partial charge in [-0.15, -0.1) is 12.4 Å². The molecule has 5 nitrogen and oxygen atoms in total. The number of likely N-dealkylation sites (N-methyl/N-ethyl adjacent to an activating group) is 1. The molecular formula is C20H26ClN5. The van der Waals surface area contributed by atoms with Gasteiger partial charge in [0.15, 0.2) is 0 Å². The topological polar surface area (TPSA) is 46.0 Å². The maximum atomic E-state index is 4.61. The zero-order chi connectivity index (χ0) is 17.6. The number of nitrogens with one attached hydrogen (secondary N) is 1. The molecule has 1 unspecified atom stereocenters. The molecule has 138 valence electrons. The minimum atomic E-state index is 0. The lowest BCUT2D eigenvalue weighted by molar-refractivity contribution is 0.288. The Morgan fingerprint density at radius 2 is 1.77 bits per heavy atom. The summed E-state index contributed by atoms with van der Waals surface area (Å²) in [6, 6.07) is 14.9. The van der Waals surface area contributed by atoms with Gasteiger partial charge >= 0.3 is 0 Å². The maximum absolute atomic E-state index is 4.61. The molecule has 0 spiro atoms. The number of pyridine rings is 1. The van der Waals surface area contributed by atoms with Gasteiger partial charge in [0.25, 0.3) is 0 Å². The quantitative estimate of drug-likeness (QED) is 0.692. The Hall–Kier alpha value is -2.21. The van der Waals surface area contributed by atoms with E-state index in [0.717, 1.165) is 24.3 Å². The lowest BCUT2D eigenvalue weighted by atomic mass is 10.1. The fraction of sp³-hybridized carbons (Fsp3) is 0.300. The van der Waals surface area contributed by atoms with Gasteiger partial charge in [0.05, 0.1) is 5.69 Å². The summed E-state index contributed by atoms with van der Waals surface area (Å²) < 4.78 is 1.87. The van der Waals surface area contributed by atoms with Crippen LogP contribution in [-0.2, 0) is 13.6 Å². The minimum Gasteiger partial charge on any atom is -0.311 e. The molecule has 0 aliphatic carbocycles. The van der Waals surface area contributed by atoms with E-state index in [4.69, 9.17) is 0 Å². The Labute approximate surface area is 161 Å². The molecule has 0 fully saturated rings. The van der Waals surface area contributed by atoms with E-state index in [-0.39, 0.29) is 12.4 Å². The second kappa shape index (κ2) is 9.48. The molecule has 0 aliphatic heterocycles. The molecule has 26 heavy (non-hydrogen) atoms. The minimum absolute atomic E-state index is 0. The van der Waals surface area contributed by atoms with E-state index < -0.39 is 0 Å². The van der Waals surface area contributed by atoms with Crippen LogP contribution < -0.4 is 5.32 Å². The van der Waals surface area contributed by atoms with Crippen molar-refractivity contribution in [1.82, 2.24) is 25.0 Å². The Morgan fingerprint density at radius 3 is 2.42 bits per heavy atom. The number of benzene rings is 1. The Kier molecular flexibility index (Phi) is 7.33. The Morgan fingerprint density at radius 1 is 1.08 bits per heavy atom. The van der Waals surface area contributed by atoms with Crippen molar-refractivity contribution >= 4 is 12.4 Å². The van der Waals surface area contributed by atoms with Crippen molar-refractivity contribution in [2.24, 2.45) is 7.05 Å². The van der Waals surface area contributed by atoms with E-state index in [2.05, 4.69) is 70.9 Å². The first-order valence-electron chi connectivity index (χ1n) is 8.50. The number of aryl methyl sites for hydroxylation is 1. The number of nitrogens with zero attached hydrogens (tertiary/aromatic N) is 4. The Bertz CT molecular complexity index is 786. The predicted molar refractivity (Wildman–Crippen MR) is 108 cm³/mol. The lowest BCUT2D eigenvalue weighted by Crippen LogP contribution is -2.30. The third-order valence-electron chi connectivity index (χ3n) is 4.32. The Balaban J connectivity index is 0.00000243. The van der Waals surface area contributed by atoms with Crippen LogP contribution in [0.3, 0.4) is 0 Å². The van der Waals surface area contributed by atoms with E-state index in [1.165, 1.54) is 11.1 Å². The van der Waals surface area contributed by atoms with Gasteiger partial charge in [0.1, 0.15) is 0 Å². The summed E-state index contributed by atoms with van der Waals surface area (Å²) in [5, 5.41) is 8.20. The van der Waals surface area contributed by atoms with Crippen molar-refractivity contribution in [2.45, 2.75) is 12.6 Å². The van der Waals surface area contributed by atoms with Crippen molar-refractivity contribution in [2.75, 3.05) is 20.6 Å². The van der Waals surface area contributed by atoms with Crippen molar-refractivity contribution in [3.63, 3.8) is 0 Å². The van der Waals surface area contributed by atoms with Crippen LogP contribution in [0.15, 0.2) is 61.1 Å². The molecule has 1 N–H and O–H groups in total. The van der Waals surface area contributed by atoms with Crippen LogP contribution in [0.25, 0.3) is 11.3 Å². The van der Waals surface area contributed by atoms with Gasteiger partial charge in [0, 0.05) is 55.9 Å². The van der Waals surface area contributed by atoms with Crippen LogP contribution >= 0.6 is 12.4 Å². The van der Waals surface area contributed by atoms with Crippen molar-refractivity contribution in [1.29, 1.82) is 0 Å². The van der Waals surface area contributed by atoms with Crippen LogP contribution in [0.2, 0.25) is 0 Å². The zero-order valence-electron chi connectivity index (χ0n) is 15.5. The summed E-state index contributed by atoms with van der Waals surface area (Å²) in [5.74, 6) is 0. The van der Waals surface area contributed by atoms with E-state index in [9.17, 15) is 0 Å². The smallest absolute Gasteiger partial charge is 0.0969 e. The highest BCUT2D eigenvalue weighted by Gasteiger charge is 2.15. The van der Waals surface area contributed by atoms with Crippen molar-refractivity contribution in [3.8, 4) is 11.3 Å². The number of hydrogen-bond donors (Lipinski definition) is 1. The van der Waals surface area contributed by atoms with Gasteiger partial charge in [-0.1, -0.05) is 30.3 Å². The molecular weight excluding hydrogens is 346 g/mol. The standard InChI is InChI=1S/C20H25N5.ClH/c1-24(2)19(16-7-5-4-6-8-16)14-22-13-18-15-25(3)23-20(18)17-9-11-21-12-10-17;/h4-12,15,19,22H,13-14H2,1-3H3;1H. The molecule has 3 aromatic rings. The van der Waals surface area contributed by atoms with E-state index in [0.29, 0.717) is 6.04 Å². The van der Waals surface area contributed by atoms with Gasteiger partial charge in [-0.2, -0.15) is 5.10 Å². The predicted octanol–water partition coefficient (Wildman–Crippen LogP) is 3.30. The monoisotopic (exact) mass is 371 g/mol. The molecule has 2 aromatic heterocycles. The third-order valence-corrected chi connectivity index (χ3v) is 4.32. The third kappa shape index (κ3) is 4.91. The van der Waals surface area contributed by atoms with Gasteiger partial charge in [-0.05, 0) is 31.8 Å². The average Bonchev–Trinajstić information content (AvgIpc) is 3.00. The molecule has 0 amide bonds. The average molecular weight is 372 g/mol. The summed E-state index contributed by atoms with van der Waals surface area (Å²) in [6.45, 7) is 1.66. The second-order valence-corrected chi connectivity index (χ2v) is 6.43. The summed E-state index contributed by atoms with van der Waals surface area (Å²) in [5.41, 5.74) is 4.62. The number of aromatic nitrogens is 3. The van der Waals surface area contributed by atoms with Crippen molar-refractivity contribution in [3.05, 3.63) is 72.2 Å². The fourth-order valence-corrected chi connectivity index (χ4v) is 3.04. The van der Waals surface area contributed by atoms with Crippen LogP contribution in [0, 0.1) is 0 Å². The largest absolute Gasteiger partial charge is 0.311 e. The van der Waals surface area contributed by atoms with Gasteiger partial charge in [-0.3, -0.25) is 9.67 Å². The molecule has 0 radical (unpaired) electrons. The fourth-order valence-electron chi connectivity index (χ4n) is 3.04. The van der Waals surface area contributed by atoms with Crippen LogP contribution in [0.1, 0.15) is 17.2 Å². The van der Waals surface area contributed by atoms with Crippen LogP contribution in [0.5, 0.6) is 0 Å². The molecule has 1 aromatic carbocycles. The summed E-state index contributed by atoms with van der Waals surface area (Å²) in [4.78, 5) is 6.34. The highest BCUT2D eigenvalue weighted by atomic mass is 35.5. The molecule has 0 bridgehead atoms. The maximum Gasteiger partial charge on any atom is 0.0969 e. The van der Waals surface area contributed by atoms with Gasteiger partial charge in [0.2, 0.25) is 0 Å². The van der Waals surface area contributed by atoms with Crippen LogP contribution in [-0.4, -0.2) is 40.3 Å². The normalized spacial score (nSPS) is 12.0. The molecule has 1 atom stereocenters. The van der Waals surface area contributed by atoms with Crippen molar-refractivity contribution < 1.29 is 0 Å². The number of hydrogen-bond acceptors (Lipinski definition) is 4. The highest BCUT2D eigenvalue weighted by Crippen LogP contribution is 2.22. The van der Waals surface area contributed by atoms with Crippen LogP contribution in [0.4, 0.5) is 0 Å². The first kappa shape index (κ1) is 20.1. The van der Waals surface area contributed by atoms with E-state index >= 15 is 0 Å². The molecule has 2 heterocycles. The molecule has 6 heteroatoms. The van der Waals surface area contributed by atoms with E-state index in [1.807, 2.05) is 23.9 Å². The molecule has 0 aliphatic rings. The van der Waals surface area contributed by atoms with E-state index in [1.54, 1.807) is 12.4 Å². The highest BCUT2D eigenvalue weighted by molar-refractivity contribution is 5.85. The first-order valence-corrected chi connectivity index (χ1v) is 8.50. The lowest BCUT2D eigenvalue weighted by Gasteiger charge is -2.25. The summed E-state index contributed by atoms with van der Waals surface area (Å²) in [7, 11) is 6.19. The molecule has 0 saturated heterocycles. The number of rotatable bonds is 7. The SMILES string of the molecule is CN(C)C(CNCc1cn(C)nc1-c1ccncc1)c1ccccc1.Cl. The van der Waals surface area contributed by atoms with Gasteiger partial charge in [-0.25, -0.2) is 0 Å². The first-order chi connectivity index (χ1) is 12.1. The zero-order valence-corrected chi connectivity index (χ0v) is 16.3. The number of halogens is 1. The second-order valence-electron chi connectivity index (χ2n) is 6.43. The summed E-state index contributed by atoms with van der Waals surface area (Å²) >= 11 is 0. The summed E-state index contributed by atoms with van der Waals surface area (Å²) in [6.07, 6.45) is 5.69.